The number of aliphatic imine (C=N–C) groups is 2. The Hall–Kier alpha value is -6.00. The number of rotatable bonds is 3. The van der Waals surface area contributed by atoms with Crippen LogP contribution in [0.15, 0.2) is 154 Å². The number of nitrogens with one attached hydrogen (secondary N) is 1. The van der Waals surface area contributed by atoms with Gasteiger partial charge in [-0.1, -0.05) is 149 Å². The van der Waals surface area contributed by atoms with Crippen molar-refractivity contribution in [3.05, 3.63) is 167 Å². The molecule has 246 valence electrons. The average Bonchev–Trinajstić information content (AvgIpc) is 3.56. The molecule has 1 atom stereocenters. The van der Waals surface area contributed by atoms with E-state index in [1.54, 1.807) is 0 Å². The SMILES string of the molecule is CC1(C)c2ccccc2-c2c(C3=NC(c4cccc5oc6ccccc6c45)=NC(c4ccccc4)N3)cc3ccc4ccccc4c3c2C1(C)C. The summed E-state index contributed by atoms with van der Waals surface area (Å²) < 4.78 is 6.33. The van der Waals surface area contributed by atoms with Gasteiger partial charge in [-0.15, -0.1) is 0 Å². The molecule has 0 amide bonds. The average molecular weight is 660 g/mol. The van der Waals surface area contributed by atoms with Gasteiger partial charge in [-0.25, -0.2) is 9.98 Å². The first-order valence-corrected chi connectivity index (χ1v) is 17.8. The van der Waals surface area contributed by atoms with Gasteiger partial charge >= 0.3 is 0 Å². The van der Waals surface area contributed by atoms with Crippen LogP contribution in [-0.2, 0) is 10.8 Å². The third-order valence-electron chi connectivity index (χ3n) is 11.8. The van der Waals surface area contributed by atoms with E-state index >= 15 is 0 Å². The lowest BCUT2D eigenvalue weighted by Gasteiger charge is -2.49. The van der Waals surface area contributed by atoms with Gasteiger partial charge in [-0.05, 0) is 73.0 Å². The molecule has 1 N–H and O–H groups in total. The molecule has 4 nitrogen and oxygen atoms in total. The summed E-state index contributed by atoms with van der Waals surface area (Å²) in [4.78, 5) is 10.8. The van der Waals surface area contributed by atoms with Crippen LogP contribution in [0.2, 0.25) is 0 Å². The molecule has 0 saturated heterocycles. The zero-order chi connectivity index (χ0) is 34.5. The molecule has 1 aliphatic heterocycles. The van der Waals surface area contributed by atoms with Gasteiger partial charge < -0.3 is 9.73 Å². The molecule has 1 unspecified atom stereocenters. The Balaban J connectivity index is 1.31. The molecule has 1 aliphatic carbocycles. The molecule has 2 heterocycles. The van der Waals surface area contributed by atoms with Crippen molar-refractivity contribution >= 4 is 55.2 Å². The van der Waals surface area contributed by atoms with Crippen molar-refractivity contribution < 1.29 is 4.42 Å². The highest BCUT2D eigenvalue weighted by Crippen LogP contribution is 2.57. The zero-order valence-electron chi connectivity index (χ0n) is 29.2. The second-order valence-electron chi connectivity index (χ2n) is 15.0. The maximum Gasteiger partial charge on any atom is 0.160 e. The largest absolute Gasteiger partial charge is 0.456 e. The van der Waals surface area contributed by atoms with Gasteiger partial charge in [0.05, 0.1) is 0 Å². The fourth-order valence-corrected chi connectivity index (χ4v) is 8.63. The lowest BCUT2D eigenvalue weighted by Crippen LogP contribution is -2.44. The number of hydrogen-bond acceptors (Lipinski definition) is 4. The number of furan rings is 1. The molecular formula is C47H37N3O. The number of amidine groups is 2. The summed E-state index contributed by atoms with van der Waals surface area (Å²) in [6, 6.07) is 49.6. The predicted octanol–water partition coefficient (Wildman–Crippen LogP) is 11.6. The molecule has 0 bridgehead atoms. The lowest BCUT2D eigenvalue weighted by atomic mass is 9.54. The molecule has 0 saturated carbocycles. The van der Waals surface area contributed by atoms with Gasteiger partial charge in [-0.2, -0.15) is 0 Å². The van der Waals surface area contributed by atoms with Crippen molar-refractivity contribution in [2.24, 2.45) is 9.98 Å². The van der Waals surface area contributed by atoms with Gasteiger partial charge in [0.25, 0.3) is 0 Å². The normalized spacial score (nSPS) is 17.5. The van der Waals surface area contributed by atoms with Crippen LogP contribution >= 0.6 is 0 Å². The minimum Gasteiger partial charge on any atom is -0.456 e. The summed E-state index contributed by atoms with van der Waals surface area (Å²) in [5.41, 5.74) is 9.66. The third kappa shape index (κ3) is 4.26. The minimum atomic E-state index is -0.339. The summed E-state index contributed by atoms with van der Waals surface area (Å²) in [7, 11) is 0. The Kier molecular flexibility index (Phi) is 6.30. The smallest absolute Gasteiger partial charge is 0.160 e. The van der Waals surface area contributed by atoms with E-state index in [-0.39, 0.29) is 17.0 Å². The molecule has 1 aromatic heterocycles. The summed E-state index contributed by atoms with van der Waals surface area (Å²) in [6.45, 7) is 9.66. The van der Waals surface area contributed by atoms with Gasteiger partial charge in [0.15, 0.2) is 5.84 Å². The van der Waals surface area contributed by atoms with Crippen molar-refractivity contribution in [1.82, 2.24) is 5.32 Å². The molecule has 51 heavy (non-hydrogen) atoms. The van der Waals surface area contributed by atoms with Crippen molar-refractivity contribution in [2.75, 3.05) is 0 Å². The monoisotopic (exact) mass is 659 g/mol. The predicted molar refractivity (Wildman–Crippen MR) is 212 cm³/mol. The highest BCUT2D eigenvalue weighted by Gasteiger charge is 2.48. The van der Waals surface area contributed by atoms with E-state index in [0.717, 1.165) is 44.5 Å². The standard InChI is InChI=1S/C47H37N3O/c1-46(2)36-22-12-10-19-32(36)41-35(27-30-26-25-28-15-8-9-18-31(28)39(30)42(41)47(46,3)4)45-49-43(29-16-6-5-7-17-29)48-44(50-45)34-21-14-24-38-40(34)33-20-11-13-23-37(33)51-38/h5-27,43H,1-4H3,(H,48,49,50). The number of fused-ring (bicyclic) bond motifs is 10. The van der Waals surface area contributed by atoms with E-state index in [4.69, 9.17) is 14.4 Å². The number of hydrogen-bond donors (Lipinski definition) is 1. The molecule has 10 rings (SSSR count). The third-order valence-corrected chi connectivity index (χ3v) is 11.8. The van der Waals surface area contributed by atoms with E-state index < -0.39 is 0 Å². The maximum absolute atomic E-state index is 6.33. The van der Waals surface area contributed by atoms with E-state index in [1.807, 2.05) is 24.3 Å². The highest BCUT2D eigenvalue weighted by atomic mass is 16.3. The van der Waals surface area contributed by atoms with Crippen LogP contribution in [0.3, 0.4) is 0 Å². The fourth-order valence-electron chi connectivity index (χ4n) is 8.63. The highest BCUT2D eigenvalue weighted by molar-refractivity contribution is 6.24. The molecule has 4 heteroatoms. The molecule has 0 spiro atoms. The van der Waals surface area contributed by atoms with Gasteiger partial charge in [0.1, 0.15) is 23.2 Å². The van der Waals surface area contributed by atoms with Crippen molar-refractivity contribution in [3.63, 3.8) is 0 Å². The minimum absolute atomic E-state index is 0.141. The van der Waals surface area contributed by atoms with Crippen LogP contribution in [0.5, 0.6) is 0 Å². The first-order chi connectivity index (χ1) is 24.8. The Morgan fingerprint density at radius 2 is 1.25 bits per heavy atom. The van der Waals surface area contributed by atoms with Crippen molar-refractivity contribution in [1.29, 1.82) is 0 Å². The maximum atomic E-state index is 6.33. The van der Waals surface area contributed by atoms with Crippen molar-refractivity contribution in [3.8, 4) is 11.1 Å². The summed E-state index contributed by atoms with van der Waals surface area (Å²) in [6.07, 6.45) is -0.339. The van der Waals surface area contributed by atoms with Crippen LogP contribution in [0.4, 0.5) is 0 Å². The lowest BCUT2D eigenvalue weighted by molar-refractivity contribution is 0.301. The van der Waals surface area contributed by atoms with Crippen LogP contribution < -0.4 is 5.32 Å². The van der Waals surface area contributed by atoms with E-state index in [0.29, 0.717) is 5.84 Å². The zero-order valence-corrected chi connectivity index (χ0v) is 29.2. The molecule has 0 radical (unpaired) electrons. The Labute approximate surface area is 297 Å². The number of para-hydroxylation sites is 1. The van der Waals surface area contributed by atoms with Crippen molar-refractivity contribution in [2.45, 2.75) is 44.7 Å². The fraction of sp³-hybridized carbons (Fsp3) is 0.149. The van der Waals surface area contributed by atoms with Gasteiger partial charge in [0.2, 0.25) is 0 Å². The molecule has 0 fully saturated rings. The summed E-state index contributed by atoms with van der Waals surface area (Å²) in [5.74, 6) is 1.50. The molecular weight excluding hydrogens is 623 g/mol. The second-order valence-corrected chi connectivity index (χ2v) is 15.0. The molecule has 7 aromatic carbocycles. The van der Waals surface area contributed by atoms with Crippen LogP contribution in [-0.4, -0.2) is 11.7 Å². The molecule has 8 aromatic rings. The second kappa shape index (κ2) is 10.7. The van der Waals surface area contributed by atoms with E-state index in [9.17, 15) is 0 Å². The molecule has 2 aliphatic rings. The van der Waals surface area contributed by atoms with Crippen LogP contribution in [0.1, 0.15) is 61.7 Å². The summed E-state index contributed by atoms with van der Waals surface area (Å²) >= 11 is 0. The van der Waals surface area contributed by atoms with Gasteiger partial charge in [0, 0.05) is 27.3 Å². The Morgan fingerprint density at radius 3 is 2.12 bits per heavy atom. The Morgan fingerprint density at radius 1 is 0.569 bits per heavy atom. The van der Waals surface area contributed by atoms with Gasteiger partial charge in [-0.3, -0.25) is 0 Å². The topological polar surface area (TPSA) is 49.9 Å². The number of nitrogens with zero attached hydrogens (tertiary/aromatic N) is 2. The van der Waals surface area contributed by atoms with E-state index in [1.165, 1.54) is 43.8 Å². The van der Waals surface area contributed by atoms with E-state index in [2.05, 4.69) is 148 Å². The number of benzene rings is 7. The first kappa shape index (κ1) is 29.9. The van der Waals surface area contributed by atoms with Crippen LogP contribution in [0, 0.1) is 0 Å². The Bertz CT molecular complexity index is 2780. The summed E-state index contributed by atoms with van der Waals surface area (Å²) in [5, 5.41) is 11.0. The first-order valence-electron chi connectivity index (χ1n) is 17.8. The quantitative estimate of drug-likeness (QED) is 0.192. The van der Waals surface area contributed by atoms with Crippen LogP contribution in [0.25, 0.3) is 54.6 Å².